The number of rotatable bonds is 27. The quantitative estimate of drug-likeness (QED) is 0.0668. The highest BCUT2D eigenvalue weighted by molar-refractivity contribution is 7.45. The summed E-state index contributed by atoms with van der Waals surface area (Å²) < 4.78 is 22.3. The summed E-state index contributed by atoms with van der Waals surface area (Å²) in [5.74, 6) is 0. The van der Waals surface area contributed by atoms with Gasteiger partial charge < -0.3 is 28.6 Å². The Kier molecular flexibility index (Phi) is 23.7. The van der Waals surface area contributed by atoms with E-state index in [-0.39, 0.29) is 19.2 Å². The Morgan fingerprint density at radius 3 is 1.53 bits per heavy atom. The second-order valence-electron chi connectivity index (χ2n) is 11.7. The average molecular weight is 564 g/mol. The maximum Gasteiger partial charge on any atom is 0.317 e. The zero-order chi connectivity index (χ0) is 28.5. The Bertz CT molecular complexity index is 601. The average Bonchev–Trinajstić information content (AvgIpc) is 2.85. The molecule has 0 heterocycles. The van der Waals surface area contributed by atoms with E-state index < -0.39 is 7.82 Å². The maximum absolute atomic E-state index is 12.2. The maximum atomic E-state index is 12.2. The van der Waals surface area contributed by atoms with E-state index in [1.807, 2.05) is 26.0 Å². The van der Waals surface area contributed by atoms with Crippen LogP contribution < -0.4 is 10.2 Å². The molecule has 2 amide bonds. The van der Waals surface area contributed by atoms with Gasteiger partial charge in [0.05, 0.1) is 27.7 Å². The van der Waals surface area contributed by atoms with Gasteiger partial charge in [-0.25, -0.2) is 4.79 Å². The number of nitrogens with one attached hydrogen (secondary N) is 1. The Hall–Kier alpha value is -0.660. The van der Waals surface area contributed by atoms with Crippen LogP contribution >= 0.6 is 7.82 Å². The molecule has 0 saturated carbocycles. The van der Waals surface area contributed by atoms with E-state index in [2.05, 4.69) is 12.2 Å². The van der Waals surface area contributed by atoms with E-state index in [9.17, 15) is 14.3 Å². The largest absolute Gasteiger partial charge is 0.756 e. The molecule has 38 heavy (non-hydrogen) atoms. The third-order valence-electron chi connectivity index (χ3n) is 6.87. The first-order valence-corrected chi connectivity index (χ1v) is 16.9. The van der Waals surface area contributed by atoms with Crippen LogP contribution in [0.15, 0.2) is 0 Å². The molecule has 0 radical (unpaired) electrons. The van der Waals surface area contributed by atoms with Crippen molar-refractivity contribution in [3.05, 3.63) is 0 Å². The third kappa shape index (κ3) is 25.6. The van der Waals surface area contributed by atoms with Crippen LogP contribution in [0.1, 0.15) is 122 Å². The van der Waals surface area contributed by atoms with Crippen LogP contribution in [0.5, 0.6) is 0 Å². The van der Waals surface area contributed by atoms with Crippen LogP contribution in [0.4, 0.5) is 4.79 Å². The van der Waals surface area contributed by atoms with Gasteiger partial charge in [0.25, 0.3) is 7.82 Å². The van der Waals surface area contributed by atoms with Crippen molar-refractivity contribution in [1.29, 1.82) is 0 Å². The molecule has 1 unspecified atom stereocenters. The SMILES string of the molecule is CCCCCCCCCCCCCCCCCCN(CCCCOP(=O)([O-])OCC[N+](C)(C)C)C(=O)NC. The van der Waals surface area contributed by atoms with Crippen LogP contribution in [0.2, 0.25) is 0 Å². The molecule has 0 spiro atoms. The second-order valence-corrected chi connectivity index (χ2v) is 13.1. The molecule has 0 aromatic heterocycles. The van der Waals surface area contributed by atoms with Gasteiger partial charge in [0, 0.05) is 20.1 Å². The Morgan fingerprint density at radius 2 is 1.11 bits per heavy atom. The fourth-order valence-corrected chi connectivity index (χ4v) is 5.10. The Morgan fingerprint density at radius 1 is 0.711 bits per heavy atom. The van der Waals surface area contributed by atoms with Crippen molar-refractivity contribution in [2.24, 2.45) is 0 Å². The van der Waals surface area contributed by atoms with Gasteiger partial charge in [-0.15, -0.1) is 0 Å². The van der Waals surface area contributed by atoms with Gasteiger partial charge in [-0.2, -0.15) is 0 Å². The molecular weight excluding hydrogens is 501 g/mol. The minimum atomic E-state index is -4.27. The molecule has 228 valence electrons. The minimum Gasteiger partial charge on any atom is -0.756 e. The smallest absolute Gasteiger partial charge is 0.317 e. The predicted octanol–water partition coefficient (Wildman–Crippen LogP) is 6.88. The van der Waals surface area contributed by atoms with Crippen molar-refractivity contribution in [3.8, 4) is 0 Å². The number of amides is 2. The van der Waals surface area contributed by atoms with Crippen LogP contribution in [0.3, 0.4) is 0 Å². The molecule has 1 atom stereocenters. The first-order valence-electron chi connectivity index (χ1n) is 15.5. The lowest BCUT2D eigenvalue weighted by molar-refractivity contribution is -0.870. The Balaban J connectivity index is 3.74. The van der Waals surface area contributed by atoms with Gasteiger partial charge in [-0.1, -0.05) is 103 Å². The van der Waals surface area contributed by atoms with Crippen molar-refractivity contribution in [2.45, 2.75) is 122 Å². The van der Waals surface area contributed by atoms with Gasteiger partial charge in [0.2, 0.25) is 0 Å². The number of nitrogens with zero attached hydrogens (tertiary/aromatic N) is 2. The number of likely N-dealkylation sites (N-methyl/N-ethyl adjacent to an activating group) is 1. The molecule has 8 nitrogen and oxygen atoms in total. The zero-order valence-electron chi connectivity index (χ0n) is 25.6. The number of urea groups is 1. The number of hydrogen-bond acceptors (Lipinski definition) is 5. The van der Waals surface area contributed by atoms with Crippen molar-refractivity contribution < 1.29 is 27.8 Å². The van der Waals surface area contributed by atoms with Crippen LogP contribution in [0, 0.1) is 0 Å². The number of carbonyl (C=O) groups excluding carboxylic acids is 1. The van der Waals surface area contributed by atoms with Gasteiger partial charge in [0.15, 0.2) is 0 Å². The van der Waals surface area contributed by atoms with Crippen molar-refractivity contribution in [1.82, 2.24) is 10.2 Å². The zero-order valence-corrected chi connectivity index (χ0v) is 26.5. The molecule has 0 fully saturated rings. The van der Waals surface area contributed by atoms with Crippen molar-refractivity contribution in [2.75, 3.05) is 61.0 Å². The van der Waals surface area contributed by atoms with E-state index in [0.29, 0.717) is 30.4 Å². The van der Waals surface area contributed by atoms with Gasteiger partial charge in [-0.05, 0) is 19.3 Å². The number of phosphoric ester groups is 1. The van der Waals surface area contributed by atoms with Gasteiger partial charge in [0.1, 0.15) is 13.2 Å². The normalized spacial score (nSPS) is 13.4. The summed E-state index contributed by atoms with van der Waals surface area (Å²) in [6.45, 7) is 4.35. The molecule has 0 aromatic rings. The topological polar surface area (TPSA) is 90.9 Å². The van der Waals surface area contributed by atoms with E-state index in [1.165, 1.54) is 89.9 Å². The molecular formula is C29H62N3O5P. The first kappa shape index (κ1) is 37.3. The van der Waals surface area contributed by atoms with Crippen molar-refractivity contribution in [3.63, 3.8) is 0 Å². The minimum absolute atomic E-state index is 0.0752. The highest BCUT2D eigenvalue weighted by Gasteiger charge is 2.14. The van der Waals surface area contributed by atoms with E-state index in [4.69, 9.17) is 9.05 Å². The number of quaternary nitrogens is 1. The molecule has 0 aromatic carbocycles. The molecule has 0 rings (SSSR count). The molecule has 0 aliphatic rings. The lowest BCUT2D eigenvalue weighted by Gasteiger charge is -2.27. The van der Waals surface area contributed by atoms with Gasteiger partial charge in [-0.3, -0.25) is 4.57 Å². The third-order valence-corrected chi connectivity index (χ3v) is 7.86. The predicted molar refractivity (Wildman–Crippen MR) is 157 cm³/mol. The lowest BCUT2D eigenvalue weighted by Crippen LogP contribution is -2.39. The van der Waals surface area contributed by atoms with E-state index in [0.717, 1.165) is 19.4 Å². The summed E-state index contributed by atoms with van der Waals surface area (Å²) in [6, 6.07) is -0.0787. The molecule has 1 N–H and O–H groups in total. The fraction of sp³-hybridized carbons (Fsp3) is 0.966. The number of phosphoric acid groups is 1. The summed E-state index contributed by atoms with van der Waals surface area (Å²) in [7, 11) is 3.29. The van der Waals surface area contributed by atoms with E-state index >= 15 is 0 Å². The first-order chi connectivity index (χ1) is 18.1. The summed E-state index contributed by atoms with van der Waals surface area (Å²) in [6.07, 6.45) is 22.5. The standard InChI is InChI=1S/C29H62N3O5P/c1-6-7-8-9-10-11-12-13-14-15-16-17-18-19-20-21-24-31(29(33)30-2)25-22-23-27-36-38(34,35)37-28-26-32(3,4)5/h6-28H2,1-5H3,(H-,30,33,34,35). The molecule has 0 bridgehead atoms. The second kappa shape index (κ2) is 24.2. The highest BCUT2D eigenvalue weighted by atomic mass is 31.2. The molecule has 0 aliphatic heterocycles. The molecule has 0 saturated heterocycles. The number of unbranched alkanes of at least 4 members (excludes halogenated alkanes) is 16. The summed E-state index contributed by atoms with van der Waals surface area (Å²) in [5.41, 5.74) is 0. The summed E-state index contributed by atoms with van der Waals surface area (Å²) in [4.78, 5) is 25.9. The lowest BCUT2D eigenvalue weighted by atomic mass is 10.0. The van der Waals surface area contributed by atoms with Crippen LogP contribution in [-0.4, -0.2) is 76.5 Å². The number of hydrogen-bond donors (Lipinski definition) is 1. The van der Waals surface area contributed by atoms with E-state index in [1.54, 1.807) is 7.05 Å². The fourth-order valence-electron chi connectivity index (χ4n) is 4.37. The molecule has 0 aliphatic carbocycles. The Labute approximate surface area is 235 Å². The monoisotopic (exact) mass is 563 g/mol. The van der Waals surface area contributed by atoms with Gasteiger partial charge >= 0.3 is 6.03 Å². The summed E-state index contributed by atoms with van der Waals surface area (Å²) in [5, 5.41) is 2.71. The van der Waals surface area contributed by atoms with Crippen molar-refractivity contribution >= 4 is 13.9 Å². The molecule has 9 heteroatoms. The van der Waals surface area contributed by atoms with Crippen LogP contribution in [-0.2, 0) is 13.6 Å². The summed E-state index contributed by atoms with van der Waals surface area (Å²) >= 11 is 0. The van der Waals surface area contributed by atoms with Crippen LogP contribution in [0.25, 0.3) is 0 Å². The number of carbonyl (C=O) groups is 1. The highest BCUT2D eigenvalue weighted by Crippen LogP contribution is 2.38.